The second-order valence-corrected chi connectivity index (χ2v) is 15.2. The number of hydrogen-bond acceptors (Lipinski definition) is 5. The molecular formula is C48H33N3S2. The molecule has 0 saturated carbocycles. The maximum Gasteiger partial charge on any atom is 0.0603 e. The molecule has 8 aromatic rings. The SMILES string of the molecule is c1ccc(N(c2ccc(-c3ccc4c(c3)Sc3ccccc3N4c3ccccc3)cc2)c2ccc3c(c2)Sc2ccccc2N3c2ccccc2)cc1. The van der Waals surface area contributed by atoms with Crippen LogP contribution in [0.3, 0.4) is 0 Å². The van der Waals surface area contributed by atoms with Crippen LogP contribution in [0.1, 0.15) is 0 Å². The van der Waals surface area contributed by atoms with Gasteiger partial charge in [-0.05, 0) is 114 Å². The van der Waals surface area contributed by atoms with Crippen LogP contribution in [0.4, 0.5) is 51.2 Å². The standard InChI is InChI=1S/C48H33N3S2/c1-4-14-36(15-5-1)49(40-29-31-44-48(33-40)53-46-23-13-11-21-42(46)51(44)38-18-8-3-9-19-38)39-27-24-34(25-28-39)35-26-30-43-47(32-35)52-45-22-12-10-20-41(45)50(43)37-16-6-2-7-17-37/h1-33H. The zero-order valence-electron chi connectivity index (χ0n) is 28.7. The molecule has 5 heteroatoms. The number of hydrogen-bond donors (Lipinski definition) is 0. The maximum absolute atomic E-state index is 2.38. The summed E-state index contributed by atoms with van der Waals surface area (Å²) < 4.78 is 0. The maximum atomic E-state index is 2.38. The Morgan fingerprint density at radius 3 is 1.30 bits per heavy atom. The van der Waals surface area contributed by atoms with E-state index >= 15 is 0 Å². The number of benzene rings is 8. The van der Waals surface area contributed by atoms with Gasteiger partial charge in [-0.1, -0.05) is 121 Å². The highest BCUT2D eigenvalue weighted by molar-refractivity contribution is 8.00. The molecule has 0 spiro atoms. The fourth-order valence-electron chi connectivity index (χ4n) is 7.36. The van der Waals surface area contributed by atoms with E-state index in [9.17, 15) is 0 Å². The molecule has 0 amide bonds. The number of para-hydroxylation sites is 5. The highest BCUT2D eigenvalue weighted by Gasteiger charge is 2.27. The Hall–Kier alpha value is -6.14. The molecule has 0 atom stereocenters. The summed E-state index contributed by atoms with van der Waals surface area (Å²) in [6.07, 6.45) is 0. The lowest BCUT2D eigenvalue weighted by Gasteiger charge is -2.34. The molecule has 2 aliphatic rings. The van der Waals surface area contributed by atoms with Gasteiger partial charge < -0.3 is 14.7 Å². The quantitative estimate of drug-likeness (QED) is 0.169. The first-order valence-electron chi connectivity index (χ1n) is 17.8. The summed E-state index contributed by atoms with van der Waals surface area (Å²) in [7, 11) is 0. The Labute approximate surface area is 318 Å². The largest absolute Gasteiger partial charge is 0.310 e. The van der Waals surface area contributed by atoms with Gasteiger partial charge in [0.25, 0.3) is 0 Å². The molecular weight excluding hydrogens is 683 g/mol. The molecule has 0 aliphatic carbocycles. The Morgan fingerprint density at radius 1 is 0.302 bits per heavy atom. The van der Waals surface area contributed by atoms with Gasteiger partial charge in [0.1, 0.15) is 0 Å². The van der Waals surface area contributed by atoms with Crippen molar-refractivity contribution in [2.24, 2.45) is 0 Å². The van der Waals surface area contributed by atoms with Crippen molar-refractivity contribution < 1.29 is 0 Å². The summed E-state index contributed by atoms with van der Waals surface area (Å²) in [5.41, 5.74) is 12.9. The Bertz CT molecular complexity index is 2570. The van der Waals surface area contributed by atoms with Crippen molar-refractivity contribution in [3.05, 3.63) is 200 Å². The third-order valence-electron chi connectivity index (χ3n) is 9.80. The molecule has 53 heavy (non-hydrogen) atoms. The summed E-state index contributed by atoms with van der Waals surface area (Å²) in [5, 5.41) is 0. The number of rotatable bonds is 6. The van der Waals surface area contributed by atoms with Crippen LogP contribution in [0, 0.1) is 0 Å². The van der Waals surface area contributed by atoms with E-state index in [-0.39, 0.29) is 0 Å². The van der Waals surface area contributed by atoms with E-state index in [4.69, 9.17) is 0 Å². The molecule has 0 unspecified atom stereocenters. The zero-order valence-corrected chi connectivity index (χ0v) is 30.3. The van der Waals surface area contributed by atoms with Crippen LogP contribution in [0.25, 0.3) is 11.1 Å². The van der Waals surface area contributed by atoms with Crippen LogP contribution >= 0.6 is 23.5 Å². The molecule has 0 fully saturated rings. The van der Waals surface area contributed by atoms with Gasteiger partial charge in [0.2, 0.25) is 0 Å². The molecule has 0 saturated heterocycles. The summed E-state index contributed by atoms with van der Waals surface area (Å²) in [6.45, 7) is 0. The molecule has 2 aliphatic heterocycles. The van der Waals surface area contributed by atoms with Crippen LogP contribution < -0.4 is 14.7 Å². The molecule has 0 N–H and O–H groups in total. The summed E-state index contributed by atoms with van der Waals surface area (Å²) in [6, 6.07) is 72.0. The fraction of sp³-hybridized carbons (Fsp3) is 0. The lowest BCUT2D eigenvalue weighted by atomic mass is 10.0. The van der Waals surface area contributed by atoms with Crippen LogP contribution in [-0.2, 0) is 0 Å². The van der Waals surface area contributed by atoms with Crippen molar-refractivity contribution >= 4 is 74.7 Å². The molecule has 0 bridgehead atoms. The lowest BCUT2D eigenvalue weighted by molar-refractivity contribution is 1.16. The predicted molar refractivity (Wildman–Crippen MR) is 224 cm³/mol. The van der Waals surface area contributed by atoms with Gasteiger partial charge >= 0.3 is 0 Å². The van der Waals surface area contributed by atoms with Crippen LogP contribution in [0.5, 0.6) is 0 Å². The average molecular weight is 716 g/mol. The second-order valence-electron chi connectivity index (χ2n) is 13.0. The van der Waals surface area contributed by atoms with Crippen molar-refractivity contribution in [1.29, 1.82) is 0 Å². The molecule has 2 heterocycles. The van der Waals surface area contributed by atoms with E-state index in [1.54, 1.807) is 0 Å². The normalized spacial score (nSPS) is 12.7. The number of nitrogens with zero attached hydrogens (tertiary/aromatic N) is 3. The molecule has 10 rings (SSSR count). The van der Waals surface area contributed by atoms with Crippen LogP contribution in [-0.4, -0.2) is 0 Å². The van der Waals surface area contributed by atoms with Gasteiger partial charge in [-0.15, -0.1) is 0 Å². The van der Waals surface area contributed by atoms with Gasteiger partial charge in [0, 0.05) is 48.0 Å². The van der Waals surface area contributed by atoms with Crippen molar-refractivity contribution in [2.75, 3.05) is 14.7 Å². The molecule has 8 aromatic carbocycles. The van der Waals surface area contributed by atoms with E-state index in [1.165, 1.54) is 53.5 Å². The van der Waals surface area contributed by atoms with Crippen LogP contribution in [0.15, 0.2) is 220 Å². The van der Waals surface area contributed by atoms with E-state index in [2.05, 4.69) is 215 Å². The number of fused-ring (bicyclic) bond motifs is 4. The minimum atomic E-state index is 1.11. The van der Waals surface area contributed by atoms with Gasteiger partial charge in [0.15, 0.2) is 0 Å². The van der Waals surface area contributed by atoms with Crippen LogP contribution in [0.2, 0.25) is 0 Å². The van der Waals surface area contributed by atoms with E-state index in [1.807, 2.05) is 23.5 Å². The van der Waals surface area contributed by atoms with E-state index in [0.717, 1.165) is 28.4 Å². The first-order chi connectivity index (χ1) is 26.3. The minimum absolute atomic E-state index is 1.11. The monoisotopic (exact) mass is 715 g/mol. The highest BCUT2D eigenvalue weighted by Crippen LogP contribution is 2.54. The average Bonchev–Trinajstić information content (AvgIpc) is 3.23. The Kier molecular flexibility index (Phi) is 8.01. The summed E-state index contributed by atoms with van der Waals surface area (Å²) in [4.78, 5) is 12.1. The van der Waals surface area contributed by atoms with Crippen molar-refractivity contribution in [2.45, 2.75) is 19.6 Å². The Morgan fingerprint density at radius 2 is 0.717 bits per heavy atom. The van der Waals surface area contributed by atoms with Crippen molar-refractivity contribution in [3.8, 4) is 11.1 Å². The van der Waals surface area contributed by atoms with E-state index < -0.39 is 0 Å². The number of anilines is 9. The fourth-order valence-corrected chi connectivity index (χ4v) is 9.55. The first kappa shape index (κ1) is 31.6. The van der Waals surface area contributed by atoms with Gasteiger partial charge in [-0.3, -0.25) is 0 Å². The molecule has 0 aromatic heterocycles. The van der Waals surface area contributed by atoms with E-state index in [0.29, 0.717) is 0 Å². The summed E-state index contributed by atoms with van der Waals surface area (Å²) in [5.74, 6) is 0. The third kappa shape index (κ3) is 5.75. The molecule has 3 nitrogen and oxygen atoms in total. The first-order valence-corrected chi connectivity index (χ1v) is 19.4. The second kappa shape index (κ2) is 13.4. The van der Waals surface area contributed by atoms with Gasteiger partial charge in [0.05, 0.1) is 22.7 Å². The highest BCUT2D eigenvalue weighted by atomic mass is 32.2. The van der Waals surface area contributed by atoms with Gasteiger partial charge in [-0.2, -0.15) is 0 Å². The summed E-state index contributed by atoms with van der Waals surface area (Å²) >= 11 is 3.68. The molecule has 0 radical (unpaired) electrons. The van der Waals surface area contributed by atoms with Crippen molar-refractivity contribution in [1.82, 2.24) is 0 Å². The Balaban J connectivity index is 1.02. The third-order valence-corrected chi connectivity index (χ3v) is 12.0. The minimum Gasteiger partial charge on any atom is -0.310 e. The zero-order chi connectivity index (χ0) is 35.1. The smallest absolute Gasteiger partial charge is 0.0603 e. The van der Waals surface area contributed by atoms with Gasteiger partial charge in [-0.25, -0.2) is 0 Å². The lowest BCUT2D eigenvalue weighted by Crippen LogP contribution is -2.16. The molecule has 252 valence electrons. The van der Waals surface area contributed by atoms with Crippen molar-refractivity contribution in [3.63, 3.8) is 0 Å². The topological polar surface area (TPSA) is 9.72 Å². The predicted octanol–water partition coefficient (Wildman–Crippen LogP) is 14.7.